The highest BCUT2D eigenvalue weighted by molar-refractivity contribution is 7.85. The summed E-state index contributed by atoms with van der Waals surface area (Å²) in [5, 5.41) is 0.618. The van der Waals surface area contributed by atoms with Gasteiger partial charge in [-0.05, 0) is 19.1 Å². The van der Waals surface area contributed by atoms with E-state index in [9.17, 15) is 16.8 Å². The van der Waals surface area contributed by atoms with E-state index in [-0.39, 0.29) is 13.1 Å². The molecule has 0 saturated carbocycles. The van der Waals surface area contributed by atoms with Crippen molar-refractivity contribution in [3.8, 4) is 0 Å². The van der Waals surface area contributed by atoms with E-state index in [0.717, 1.165) is 3.95 Å². The third-order valence-corrected chi connectivity index (χ3v) is 3.97. The van der Waals surface area contributed by atoms with Crippen molar-refractivity contribution < 1.29 is 25.3 Å². The normalized spacial score (nSPS) is 10.3. The molecular formula is C10H16ClN2O5S2+. The summed E-state index contributed by atoms with van der Waals surface area (Å²) >= 11 is 5.58. The summed E-state index contributed by atoms with van der Waals surface area (Å²) < 4.78 is 50.2. The zero-order valence-corrected chi connectivity index (χ0v) is 13.1. The largest absolute Gasteiger partial charge is 0.458 e. The smallest absolute Gasteiger partial charge is 0.398 e. The van der Waals surface area contributed by atoms with E-state index >= 15 is 0 Å². The summed E-state index contributed by atoms with van der Waals surface area (Å²) in [5.74, 6) is -0.575. The van der Waals surface area contributed by atoms with Crippen molar-refractivity contribution in [2.24, 2.45) is 0 Å². The van der Waals surface area contributed by atoms with Crippen LogP contribution in [0.3, 0.4) is 0 Å². The summed E-state index contributed by atoms with van der Waals surface area (Å²) in [5.41, 5.74) is 6.02. The van der Waals surface area contributed by atoms with Gasteiger partial charge in [-0.15, -0.1) is 12.4 Å². The number of benzene rings is 1. The van der Waals surface area contributed by atoms with E-state index in [1.807, 2.05) is 12.1 Å². The van der Waals surface area contributed by atoms with Crippen molar-refractivity contribution >= 4 is 37.9 Å². The molecule has 0 aliphatic rings. The fourth-order valence-corrected chi connectivity index (χ4v) is 2.18. The molecule has 1 rings (SSSR count). The molecule has 0 heterocycles. The molecule has 10 heteroatoms. The monoisotopic (exact) mass is 343 g/mol. The van der Waals surface area contributed by atoms with Crippen LogP contribution in [0.2, 0.25) is 5.02 Å². The molecule has 7 nitrogen and oxygen atoms in total. The van der Waals surface area contributed by atoms with E-state index in [1.165, 1.54) is 0 Å². The van der Waals surface area contributed by atoms with Crippen LogP contribution in [0, 0.1) is 0 Å². The van der Waals surface area contributed by atoms with Crippen LogP contribution in [0.1, 0.15) is 6.92 Å². The number of nitrogens with two attached hydrogens (primary N) is 1. The topological polar surface area (TPSA) is 118 Å². The lowest BCUT2D eigenvalue weighted by Gasteiger charge is -1.92. The standard InChI is InChI=1S/C6H6ClN.C4H9NO5S2/c7-5-3-1-2-4-6(5)8;1-2-5(11(6)7)3-4-12(8,9)10/h1-4H,8H2;2-4H2,1H3/p+1. The first kappa shape index (κ1) is 18.8. The molecule has 0 spiro atoms. The van der Waals surface area contributed by atoms with Gasteiger partial charge in [0.2, 0.25) is 0 Å². The van der Waals surface area contributed by atoms with Gasteiger partial charge in [-0.25, -0.2) is 0 Å². The second-order valence-electron chi connectivity index (χ2n) is 3.55. The number of para-hydroxylation sites is 1. The number of hydrogen-bond donors (Lipinski definition) is 2. The lowest BCUT2D eigenvalue weighted by Crippen LogP contribution is -2.20. The maximum absolute atomic E-state index is 10.3. The first-order chi connectivity index (χ1) is 9.17. The van der Waals surface area contributed by atoms with Crippen LogP contribution in [-0.4, -0.2) is 44.2 Å². The lowest BCUT2D eigenvalue weighted by atomic mass is 10.3. The second-order valence-corrected chi connectivity index (χ2v) is 6.48. The third-order valence-electron chi connectivity index (χ3n) is 2.07. The van der Waals surface area contributed by atoms with Gasteiger partial charge in [0, 0.05) is 0 Å². The molecule has 1 aromatic rings. The fraction of sp³-hybridized carbons (Fsp3) is 0.400. The van der Waals surface area contributed by atoms with Crippen molar-refractivity contribution in [3.05, 3.63) is 29.3 Å². The zero-order chi connectivity index (χ0) is 15.8. The van der Waals surface area contributed by atoms with Crippen LogP contribution in [-0.2, 0) is 20.6 Å². The van der Waals surface area contributed by atoms with Gasteiger partial charge in [0.05, 0.1) is 10.7 Å². The lowest BCUT2D eigenvalue weighted by molar-refractivity contribution is -0.495. The Kier molecular flexibility index (Phi) is 8.39. The van der Waals surface area contributed by atoms with Gasteiger partial charge in [0.1, 0.15) is 5.75 Å². The molecule has 3 N–H and O–H groups in total. The summed E-state index contributed by atoms with van der Waals surface area (Å²) in [4.78, 5) is 0. The highest BCUT2D eigenvalue weighted by Crippen LogP contribution is 2.15. The molecule has 0 atom stereocenters. The molecule has 0 aliphatic carbocycles. The molecule has 1 aromatic carbocycles. The Hall–Kier alpha value is -1.16. The SMILES string of the molecule is CC[N+](CCS(=O)(=O)O)=S(=O)=O.Nc1ccccc1Cl. The highest BCUT2D eigenvalue weighted by atomic mass is 35.5. The molecule has 20 heavy (non-hydrogen) atoms. The molecule has 0 bridgehead atoms. The predicted octanol–water partition coefficient (Wildman–Crippen LogP) is 0.892. The summed E-state index contributed by atoms with van der Waals surface area (Å²) in [6.07, 6.45) is 0. The van der Waals surface area contributed by atoms with Gasteiger partial charge in [-0.2, -0.15) is 8.42 Å². The number of halogens is 1. The molecule has 0 aliphatic heterocycles. The van der Waals surface area contributed by atoms with Gasteiger partial charge in [-0.1, -0.05) is 23.7 Å². The van der Waals surface area contributed by atoms with Crippen LogP contribution in [0.25, 0.3) is 0 Å². The van der Waals surface area contributed by atoms with Crippen molar-refractivity contribution in [2.75, 3.05) is 24.6 Å². The zero-order valence-electron chi connectivity index (χ0n) is 10.7. The number of rotatable bonds is 4. The van der Waals surface area contributed by atoms with Crippen LogP contribution in [0.4, 0.5) is 5.69 Å². The minimum absolute atomic E-state index is 0.186. The van der Waals surface area contributed by atoms with Crippen molar-refractivity contribution in [3.63, 3.8) is 0 Å². The van der Waals surface area contributed by atoms with Gasteiger partial charge in [-0.3, -0.25) is 4.55 Å². The summed E-state index contributed by atoms with van der Waals surface area (Å²) in [6.45, 7) is 1.54. The van der Waals surface area contributed by atoms with Crippen LogP contribution in [0.5, 0.6) is 0 Å². The fourth-order valence-electron chi connectivity index (χ4n) is 1.03. The molecule has 0 unspecified atom stereocenters. The molecule has 0 fully saturated rings. The first-order valence-electron chi connectivity index (χ1n) is 5.47. The average Bonchev–Trinajstić information content (AvgIpc) is 2.33. The highest BCUT2D eigenvalue weighted by Gasteiger charge is 2.11. The average molecular weight is 344 g/mol. The van der Waals surface area contributed by atoms with E-state index in [1.54, 1.807) is 19.1 Å². The van der Waals surface area contributed by atoms with Crippen molar-refractivity contribution in [2.45, 2.75) is 6.92 Å². The molecule has 0 aromatic heterocycles. The van der Waals surface area contributed by atoms with Gasteiger partial charge >= 0.3 is 10.5 Å². The Morgan fingerprint density at radius 3 is 2.20 bits per heavy atom. The van der Waals surface area contributed by atoms with Crippen molar-refractivity contribution in [1.82, 2.24) is 0 Å². The maximum atomic E-state index is 10.3. The Balaban J connectivity index is 0.000000388. The first-order valence-corrected chi connectivity index (χ1v) is 8.48. The molecule has 114 valence electrons. The van der Waals surface area contributed by atoms with Crippen molar-refractivity contribution in [1.29, 1.82) is 0 Å². The minimum atomic E-state index is -4.08. The summed E-state index contributed by atoms with van der Waals surface area (Å²) in [6, 6.07) is 7.22. The number of nitrogen functional groups attached to an aromatic ring is 1. The Morgan fingerprint density at radius 1 is 1.35 bits per heavy atom. The maximum Gasteiger partial charge on any atom is 0.458 e. The van der Waals surface area contributed by atoms with E-state index in [4.69, 9.17) is 21.9 Å². The Labute approximate surface area is 124 Å². The van der Waals surface area contributed by atoms with E-state index in [2.05, 4.69) is 0 Å². The molecule has 0 amide bonds. The molecule has 0 saturated heterocycles. The van der Waals surface area contributed by atoms with E-state index < -0.39 is 26.4 Å². The summed E-state index contributed by atoms with van der Waals surface area (Å²) in [7, 11) is -6.51. The van der Waals surface area contributed by atoms with Gasteiger partial charge in [0.15, 0.2) is 13.1 Å². The van der Waals surface area contributed by atoms with E-state index in [0.29, 0.717) is 10.7 Å². The van der Waals surface area contributed by atoms with Crippen LogP contribution < -0.4 is 5.73 Å². The number of anilines is 1. The number of nitrogens with zero attached hydrogens (tertiary/aromatic N) is 1. The third kappa shape index (κ3) is 8.86. The predicted molar refractivity (Wildman–Crippen MR) is 76.9 cm³/mol. The number of hydrogen-bond acceptors (Lipinski definition) is 5. The Bertz CT molecular complexity index is 642. The Morgan fingerprint density at radius 2 is 1.90 bits per heavy atom. The quantitative estimate of drug-likeness (QED) is 0.476. The van der Waals surface area contributed by atoms with Gasteiger partial charge in [0.25, 0.3) is 10.1 Å². The molecule has 0 radical (unpaired) electrons. The minimum Gasteiger partial charge on any atom is -0.398 e. The second kappa shape index (κ2) is 8.90. The van der Waals surface area contributed by atoms with Crippen LogP contribution in [0.15, 0.2) is 24.3 Å². The van der Waals surface area contributed by atoms with Crippen LogP contribution >= 0.6 is 11.6 Å². The van der Waals surface area contributed by atoms with Gasteiger partial charge < -0.3 is 5.73 Å². The molecular weight excluding hydrogens is 328 g/mol.